The van der Waals surface area contributed by atoms with Crippen LogP contribution in [-0.4, -0.2) is 41.6 Å². The summed E-state index contributed by atoms with van der Waals surface area (Å²) < 4.78 is 9.97. The van der Waals surface area contributed by atoms with E-state index in [2.05, 4.69) is 25.6 Å². The molecule has 0 saturated carbocycles. The SMILES string of the molecule is COC(=O)c1cc2cc(NC(=O)C(=O)NCCCc3cn[nH]c3C)ccc2o1. The molecule has 2 heterocycles. The highest BCUT2D eigenvalue weighted by atomic mass is 16.5. The van der Waals surface area contributed by atoms with Crippen LogP contribution in [0.2, 0.25) is 0 Å². The second kappa shape index (κ2) is 8.38. The Morgan fingerprint density at radius 1 is 1.21 bits per heavy atom. The number of amides is 2. The summed E-state index contributed by atoms with van der Waals surface area (Å²) in [4.78, 5) is 35.5. The number of nitrogens with zero attached hydrogens (tertiary/aromatic N) is 1. The second-order valence-electron chi connectivity index (χ2n) is 6.19. The third kappa shape index (κ3) is 4.37. The highest BCUT2D eigenvalue weighted by molar-refractivity contribution is 6.39. The molecule has 0 atom stereocenters. The van der Waals surface area contributed by atoms with Crippen molar-refractivity contribution in [3.05, 3.63) is 47.5 Å². The number of carbonyl (C=O) groups excluding carboxylic acids is 3. The molecule has 2 amide bonds. The molecule has 3 rings (SSSR count). The number of furan rings is 1. The smallest absolute Gasteiger partial charge is 0.373 e. The van der Waals surface area contributed by atoms with Gasteiger partial charge in [-0.25, -0.2) is 4.79 Å². The first-order valence-corrected chi connectivity index (χ1v) is 8.68. The van der Waals surface area contributed by atoms with Gasteiger partial charge < -0.3 is 19.8 Å². The van der Waals surface area contributed by atoms with Crippen molar-refractivity contribution >= 4 is 34.4 Å². The molecule has 0 spiro atoms. The molecule has 3 aromatic rings. The molecule has 2 aromatic heterocycles. The molecule has 28 heavy (non-hydrogen) atoms. The number of carbonyl (C=O) groups is 3. The van der Waals surface area contributed by atoms with Crippen LogP contribution in [0, 0.1) is 6.92 Å². The van der Waals surface area contributed by atoms with Crippen LogP contribution >= 0.6 is 0 Å². The van der Waals surface area contributed by atoms with Gasteiger partial charge in [0.25, 0.3) is 0 Å². The summed E-state index contributed by atoms with van der Waals surface area (Å²) in [6.45, 7) is 2.31. The minimum atomic E-state index is -0.768. The summed E-state index contributed by atoms with van der Waals surface area (Å²) in [5, 5.41) is 12.5. The van der Waals surface area contributed by atoms with E-state index in [4.69, 9.17) is 4.42 Å². The van der Waals surface area contributed by atoms with Crippen LogP contribution in [0.25, 0.3) is 11.0 Å². The van der Waals surface area contributed by atoms with Crippen LogP contribution in [-0.2, 0) is 20.7 Å². The fraction of sp³-hybridized carbons (Fsp3) is 0.263. The van der Waals surface area contributed by atoms with Gasteiger partial charge in [-0.1, -0.05) is 0 Å². The van der Waals surface area contributed by atoms with Crippen molar-refractivity contribution in [1.29, 1.82) is 0 Å². The maximum Gasteiger partial charge on any atom is 0.373 e. The van der Waals surface area contributed by atoms with E-state index in [0.717, 1.165) is 17.7 Å². The molecule has 0 unspecified atom stereocenters. The Labute approximate surface area is 160 Å². The number of aromatic amines is 1. The molecular weight excluding hydrogens is 364 g/mol. The minimum absolute atomic E-state index is 0.0616. The maximum absolute atomic E-state index is 12.0. The molecular formula is C19H20N4O5. The maximum atomic E-state index is 12.0. The van der Waals surface area contributed by atoms with E-state index < -0.39 is 17.8 Å². The minimum Gasteiger partial charge on any atom is -0.463 e. The first-order valence-electron chi connectivity index (χ1n) is 8.68. The van der Waals surface area contributed by atoms with Crippen LogP contribution in [0.15, 0.2) is 34.9 Å². The number of hydrogen-bond acceptors (Lipinski definition) is 6. The quantitative estimate of drug-likeness (QED) is 0.339. The van der Waals surface area contributed by atoms with Crippen molar-refractivity contribution < 1.29 is 23.5 Å². The number of aryl methyl sites for hydroxylation is 2. The molecule has 3 N–H and O–H groups in total. The largest absolute Gasteiger partial charge is 0.463 e. The zero-order chi connectivity index (χ0) is 20.1. The van der Waals surface area contributed by atoms with Crippen molar-refractivity contribution in [2.45, 2.75) is 19.8 Å². The lowest BCUT2D eigenvalue weighted by atomic mass is 10.1. The van der Waals surface area contributed by atoms with Crippen LogP contribution < -0.4 is 10.6 Å². The van der Waals surface area contributed by atoms with Gasteiger partial charge in [0.05, 0.1) is 13.3 Å². The Morgan fingerprint density at radius 3 is 2.75 bits per heavy atom. The lowest BCUT2D eigenvalue weighted by Crippen LogP contribution is -2.36. The van der Waals surface area contributed by atoms with Gasteiger partial charge >= 0.3 is 17.8 Å². The van der Waals surface area contributed by atoms with Gasteiger partial charge in [0.2, 0.25) is 5.76 Å². The predicted molar refractivity (Wildman–Crippen MR) is 101 cm³/mol. The van der Waals surface area contributed by atoms with Gasteiger partial charge in [-0.15, -0.1) is 0 Å². The normalized spacial score (nSPS) is 10.6. The molecule has 0 bridgehead atoms. The van der Waals surface area contributed by atoms with E-state index in [1.54, 1.807) is 24.4 Å². The molecule has 0 saturated heterocycles. The molecule has 9 heteroatoms. The summed E-state index contributed by atoms with van der Waals surface area (Å²) in [5.41, 5.74) is 2.96. The first kappa shape index (κ1) is 19.2. The lowest BCUT2D eigenvalue weighted by molar-refractivity contribution is -0.136. The Balaban J connectivity index is 1.52. The predicted octanol–water partition coefficient (Wildman–Crippen LogP) is 1.94. The Kier molecular flexibility index (Phi) is 5.73. The van der Waals surface area contributed by atoms with Crippen LogP contribution in [0.5, 0.6) is 0 Å². The number of esters is 1. The van der Waals surface area contributed by atoms with E-state index in [1.165, 1.54) is 13.2 Å². The molecule has 0 fully saturated rings. The molecule has 146 valence electrons. The summed E-state index contributed by atoms with van der Waals surface area (Å²) in [7, 11) is 1.26. The number of nitrogens with one attached hydrogen (secondary N) is 3. The van der Waals surface area contributed by atoms with Crippen LogP contribution in [0.1, 0.15) is 28.2 Å². The van der Waals surface area contributed by atoms with Crippen molar-refractivity contribution in [2.75, 3.05) is 19.0 Å². The van der Waals surface area contributed by atoms with Crippen molar-refractivity contribution in [1.82, 2.24) is 15.5 Å². The number of hydrogen-bond donors (Lipinski definition) is 3. The third-order valence-electron chi connectivity index (χ3n) is 4.21. The van der Waals surface area contributed by atoms with E-state index in [0.29, 0.717) is 29.6 Å². The first-order chi connectivity index (χ1) is 13.5. The van der Waals surface area contributed by atoms with Gasteiger partial charge in [-0.2, -0.15) is 5.10 Å². The molecule has 0 radical (unpaired) electrons. The van der Waals surface area contributed by atoms with E-state index >= 15 is 0 Å². The standard InChI is InChI=1S/C19H20N4O5/c1-11-12(10-21-23-11)4-3-7-20-17(24)18(25)22-14-5-6-15-13(8-14)9-16(28-15)19(26)27-2/h5-6,8-10H,3-4,7H2,1-2H3,(H,20,24)(H,21,23)(H,22,25). The van der Waals surface area contributed by atoms with Crippen molar-refractivity contribution in [3.63, 3.8) is 0 Å². The molecule has 1 aromatic carbocycles. The molecule has 0 aliphatic carbocycles. The van der Waals surface area contributed by atoms with Crippen molar-refractivity contribution in [3.8, 4) is 0 Å². The van der Waals surface area contributed by atoms with Crippen LogP contribution in [0.3, 0.4) is 0 Å². The average Bonchev–Trinajstić information content (AvgIpc) is 3.29. The second-order valence-corrected chi connectivity index (χ2v) is 6.19. The van der Waals surface area contributed by atoms with E-state index in [9.17, 15) is 14.4 Å². The highest BCUT2D eigenvalue weighted by Crippen LogP contribution is 2.23. The van der Waals surface area contributed by atoms with E-state index in [-0.39, 0.29) is 5.76 Å². The van der Waals surface area contributed by atoms with E-state index in [1.807, 2.05) is 6.92 Å². The Hall–Kier alpha value is -3.62. The topological polar surface area (TPSA) is 126 Å². The zero-order valence-corrected chi connectivity index (χ0v) is 15.5. The lowest BCUT2D eigenvalue weighted by Gasteiger charge is -2.06. The monoisotopic (exact) mass is 384 g/mol. The Bertz CT molecular complexity index is 1020. The number of fused-ring (bicyclic) bond motifs is 1. The van der Waals surface area contributed by atoms with Gasteiger partial charge in [0.1, 0.15) is 5.58 Å². The van der Waals surface area contributed by atoms with Crippen molar-refractivity contribution in [2.24, 2.45) is 0 Å². The number of ether oxygens (including phenoxy) is 1. The number of benzene rings is 1. The van der Waals surface area contributed by atoms with Gasteiger partial charge in [0, 0.05) is 23.3 Å². The number of methoxy groups -OCH3 is 1. The fourth-order valence-corrected chi connectivity index (χ4v) is 2.70. The van der Waals surface area contributed by atoms with Gasteiger partial charge in [-0.3, -0.25) is 14.7 Å². The number of aromatic nitrogens is 2. The summed E-state index contributed by atoms with van der Waals surface area (Å²) in [6.07, 6.45) is 3.20. The molecule has 0 aliphatic heterocycles. The number of anilines is 1. The summed E-state index contributed by atoms with van der Waals surface area (Å²) in [5.74, 6) is -2.01. The third-order valence-corrected chi connectivity index (χ3v) is 4.21. The highest BCUT2D eigenvalue weighted by Gasteiger charge is 2.16. The Morgan fingerprint density at radius 2 is 2.04 bits per heavy atom. The van der Waals surface area contributed by atoms with Gasteiger partial charge in [-0.05, 0) is 49.6 Å². The summed E-state index contributed by atoms with van der Waals surface area (Å²) >= 11 is 0. The molecule has 0 aliphatic rings. The fourth-order valence-electron chi connectivity index (χ4n) is 2.70. The zero-order valence-electron chi connectivity index (χ0n) is 15.5. The summed E-state index contributed by atoms with van der Waals surface area (Å²) in [6, 6.07) is 6.30. The number of rotatable bonds is 6. The average molecular weight is 384 g/mol. The van der Waals surface area contributed by atoms with Crippen LogP contribution in [0.4, 0.5) is 5.69 Å². The van der Waals surface area contributed by atoms with Gasteiger partial charge in [0.15, 0.2) is 0 Å². The number of H-pyrrole nitrogens is 1. The molecule has 9 nitrogen and oxygen atoms in total.